The summed E-state index contributed by atoms with van der Waals surface area (Å²) < 4.78 is 0. The number of rotatable bonds is 25. The van der Waals surface area contributed by atoms with Crippen LogP contribution in [0.3, 0.4) is 0 Å². The summed E-state index contributed by atoms with van der Waals surface area (Å²) in [6.45, 7) is 1.26. The molecule has 528 valence electrons. The van der Waals surface area contributed by atoms with E-state index in [-0.39, 0.29) is 121 Å². The molecule has 0 radical (unpaired) electrons. The van der Waals surface area contributed by atoms with E-state index in [1.165, 1.54) is 27.2 Å². The van der Waals surface area contributed by atoms with Crippen LogP contribution in [0.25, 0.3) is 10.9 Å². The highest BCUT2D eigenvalue weighted by atomic mass is 33.1. The fraction of sp³-hybridized carbons (Fsp3) is 0.629. The molecule has 6 heterocycles. The van der Waals surface area contributed by atoms with E-state index in [1.54, 1.807) is 6.20 Å². The Bertz CT molecular complexity index is 3170. The summed E-state index contributed by atoms with van der Waals surface area (Å²) in [6.07, 6.45) is 9.38. The fourth-order valence-electron chi connectivity index (χ4n) is 12.5. The molecule has 4 saturated heterocycles. The van der Waals surface area contributed by atoms with Gasteiger partial charge in [0, 0.05) is 73.1 Å². The number of nitrogens with zero attached hydrogens (tertiary/aromatic N) is 5. The molecule has 1 aromatic carbocycles. The number of fused-ring (bicyclic) bond motifs is 4. The monoisotopic (exact) mass is 1380 g/mol. The first-order valence-electron chi connectivity index (χ1n) is 33.2. The predicted molar refractivity (Wildman–Crippen MR) is 363 cm³/mol. The van der Waals surface area contributed by atoms with Crippen LogP contribution in [-0.4, -0.2) is 224 Å². The Hall–Kier alpha value is -8.05. The van der Waals surface area contributed by atoms with Crippen molar-refractivity contribution in [3.63, 3.8) is 0 Å². The van der Waals surface area contributed by atoms with Crippen LogP contribution in [0.1, 0.15) is 120 Å². The van der Waals surface area contributed by atoms with Crippen LogP contribution >= 0.6 is 21.6 Å². The van der Waals surface area contributed by atoms with Gasteiger partial charge < -0.3 is 102 Å². The van der Waals surface area contributed by atoms with Gasteiger partial charge in [0.1, 0.15) is 60.4 Å². The van der Waals surface area contributed by atoms with Gasteiger partial charge >= 0.3 is 0 Å². The van der Waals surface area contributed by atoms with Gasteiger partial charge in [0.2, 0.25) is 65.0 Å². The third-order valence-electron chi connectivity index (χ3n) is 17.7. The highest BCUT2D eigenvalue weighted by molar-refractivity contribution is 8.76. The lowest BCUT2D eigenvalue weighted by Crippen LogP contribution is -2.60. The third-order valence-corrected chi connectivity index (χ3v) is 20.1. The number of carbonyl (C=O) groups is 11. The normalized spacial score (nSPS) is 24.6. The lowest BCUT2D eigenvalue weighted by Gasteiger charge is -2.33. The summed E-state index contributed by atoms with van der Waals surface area (Å²) in [5.74, 6) is -8.55. The molecule has 4 aliphatic rings. The van der Waals surface area contributed by atoms with Crippen molar-refractivity contribution in [1.29, 1.82) is 0 Å². The second-order valence-corrected chi connectivity index (χ2v) is 27.3. The molecule has 32 nitrogen and oxygen atoms in total. The number of aromatic nitrogens is 3. The summed E-state index contributed by atoms with van der Waals surface area (Å²) in [5.41, 5.74) is 43.4. The number of aliphatic imine (C=N–C) groups is 1. The molecule has 4 aliphatic heterocycles. The first-order chi connectivity index (χ1) is 46.2. The van der Waals surface area contributed by atoms with E-state index >= 15 is 4.79 Å². The minimum atomic E-state index is -1.50. The van der Waals surface area contributed by atoms with Gasteiger partial charge in [-0.25, -0.2) is 4.98 Å². The van der Waals surface area contributed by atoms with Crippen LogP contribution < -0.4 is 77.4 Å². The van der Waals surface area contributed by atoms with E-state index in [0.717, 1.165) is 38.1 Å². The van der Waals surface area contributed by atoms with Crippen LogP contribution in [0.5, 0.6) is 0 Å². The van der Waals surface area contributed by atoms with Crippen molar-refractivity contribution in [1.82, 2.24) is 66.9 Å². The number of imidazole rings is 1. The second kappa shape index (κ2) is 38.0. The number of guanidine groups is 1. The van der Waals surface area contributed by atoms with Crippen molar-refractivity contribution >= 4 is 103 Å². The molecule has 96 heavy (non-hydrogen) atoms. The molecular weight excluding hydrogens is 1280 g/mol. The number of primary amides is 1. The lowest BCUT2D eigenvalue weighted by molar-refractivity contribution is -0.145. The van der Waals surface area contributed by atoms with Gasteiger partial charge in [0.05, 0.1) is 12.4 Å². The number of amides is 11. The quantitative estimate of drug-likeness (QED) is 0.0171. The van der Waals surface area contributed by atoms with Gasteiger partial charge in [-0.15, -0.1) is 0 Å². The third kappa shape index (κ3) is 21.5. The number of benzene rings is 1. The Morgan fingerprint density at radius 1 is 0.604 bits per heavy atom. The molecule has 2 aromatic heterocycles. The zero-order valence-corrected chi connectivity index (χ0v) is 55.9. The fourth-order valence-corrected chi connectivity index (χ4v) is 14.8. The van der Waals surface area contributed by atoms with Gasteiger partial charge in [-0.1, -0.05) is 39.8 Å². The van der Waals surface area contributed by atoms with Crippen molar-refractivity contribution in [3.05, 3.63) is 54.2 Å². The Balaban J connectivity index is 1.26. The second-order valence-electron chi connectivity index (χ2n) is 24.7. The van der Waals surface area contributed by atoms with Gasteiger partial charge in [-0.2, -0.15) is 0 Å². The molecule has 7 rings (SSSR count). The zero-order chi connectivity index (χ0) is 69.3. The molecule has 3 aromatic rings. The first-order valence-corrected chi connectivity index (χ1v) is 35.7. The topological polar surface area (TPSA) is 521 Å². The van der Waals surface area contributed by atoms with E-state index in [9.17, 15) is 47.9 Å². The number of para-hydroxylation sites is 1. The Kier molecular flexibility index (Phi) is 29.8. The maximum atomic E-state index is 15.0. The molecule has 0 aliphatic carbocycles. The number of nitrogens with two attached hydrogens (primary N) is 7. The molecule has 11 amide bonds. The lowest BCUT2D eigenvalue weighted by atomic mass is 10.0. The van der Waals surface area contributed by atoms with Crippen molar-refractivity contribution in [2.45, 2.75) is 188 Å². The predicted octanol–water partition coefficient (Wildman–Crippen LogP) is -3.31. The van der Waals surface area contributed by atoms with Crippen LogP contribution in [0, 0.1) is 0 Å². The Morgan fingerprint density at radius 3 is 1.60 bits per heavy atom. The number of unbranched alkanes of at least 4 members (excludes halogenated alkanes) is 3. The first kappa shape index (κ1) is 75.3. The van der Waals surface area contributed by atoms with Gasteiger partial charge in [0.15, 0.2) is 5.96 Å². The summed E-state index contributed by atoms with van der Waals surface area (Å²) in [5, 5.41) is 20.5. The highest BCUT2D eigenvalue weighted by Crippen LogP contribution is 2.28. The van der Waals surface area contributed by atoms with Crippen LogP contribution in [0.2, 0.25) is 0 Å². The van der Waals surface area contributed by atoms with Gasteiger partial charge in [0.25, 0.3) is 0 Å². The molecule has 0 spiro atoms. The van der Waals surface area contributed by atoms with E-state index in [4.69, 9.17) is 40.1 Å². The zero-order valence-electron chi connectivity index (χ0n) is 54.3. The number of hydrogen-bond acceptors (Lipinski definition) is 19. The number of H-pyrrole nitrogens is 2. The van der Waals surface area contributed by atoms with Crippen molar-refractivity contribution < 1.29 is 52.7 Å². The Labute approximate surface area is 565 Å². The molecule has 23 N–H and O–H groups in total. The molecule has 0 saturated carbocycles. The van der Waals surface area contributed by atoms with E-state index in [2.05, 4.69) is 57.2 Å². The van der Waals surface area contributed by atoms with Crippen molar-refractivity contribution in [3.8, 4) is 0 Å². The number of nitrogens with one attached hydrogen (secondary N) is 9. The Morgan fingerprint density at radius 2 is 1.10 bits per heavy atom. The molecule has 0 bridgehead atoms. The summed E-state index contributed by atoms with van der Waals surface area (Å²) in [6, 6.07) is -6.22. The minimum absolute atomic E-state index is 0.0265. The molecule has 34 heteroatoms. The average molecular weight is 1380 g/mol. The summed E-state index contributed by atoms with van der Waals surface area (Å²) in [7, 11) is 2.01. The van der Waals surface area contributed by atoms with E-state index in [1.807, 2.05) is 24.3 Å². The van der Waals surface area contributed by atoms with Crippen LogP contribution in [0.4, 0.5) is 0 Å². The smallest absolute Gasteiger partial charge is 0.245 e. The standard InChI is InChI=1S/C62H97N21O11S2/c63-22-6-3-15-42-59(92)82-27-11-20-49(82)57(90)77-44(17-5-8-24-65)61(94)83-28-12-21-50(83)58(91)76-43(16-4-7-23-64)60(93)81-26-10-19-48(81)56(89)74-41(18-9-25-71-62(68)69)53(86)80-47(55(88)78-45(51(67)84)30-37-32-70-35-73-37)34-96-95-33-46(54(87)75-42)79-52(85)39(66)29-36-31-72-40-14-2-1-13-38(36)40/h1-2,13-14,31-32,35,39,41-50,72H,3-12,15-30,33-34,63-66H2,(H2,67,84)(H,70,73)(H,74,89)(H,75,87)(H,76,91)(H,77,90)(H,78,88)(H,79,85)(H,80,86)(H4,68,69,71)/t39-,41-,42-,43-,44-,45-,46-,47-,48-,49-,50?/m0/s1. The molecular formula is C62H97N21O11S2. The number of hydrogen-bond donors (Lipinski definition) is 16. The van der Waals surface area contributed by atoms with Crippen molar-refractivity contribution in [2.24, 2.45) is 45.1 Å². The number of carbonyl (C=O) groups excluding carboxylic acids is 11. The van der Waals surface area contributed by atoms with Crippen LogP contribution in [-0.2, 0) is 65.6 Å². The minimum Gasteiger partial charge on any atom is -0.370 e. The van der Waals surface area contributed by atoms with Gasteiger partial charge in [-0.3, -0.25) is 57.7 Å². The molecule has 4 fully saturated rings. The maximum Gasteiger partial charge on any atom is 0.245 e. The molecule has 1 unspecified atom stereocenters. The summed E-state index contributed by atoms with van der Waals surface area (Å²) >= 11 is 0. The maximum absolute atomic E-state index is 15.0. The van der Waals surface area contributed by atoms with Crippen LogP contribution in [0.15, 0.2) is 48.0 Å². The van der Waals surface area contributed by atoms with Gasteiger partial charge in [-0.05, 0) is 147 Å². The largest absolute Gasteiger partial charge is 0.370 e. The SMILES string of the molecule is NCCCC[C@@H]1NC(=O)[C@@H]2CCCN2C(=O)[C@H](CCCCN)NC(=O)[C@@H](NC(=O)[C@@H](N)Cc2c[nH]c3ccccc23)CSSC[C@@H](C(=O)N[C@@H](Cc2cnc[nH]2)C(N)=O)NC(=O)[C@H](CCCN=C(N)N)NC(=O)[C@@H]2CCCN2C(=O)[C@H](CCCCN)NC(=O)C2CCCN2C1=O. The summed E-state index contributed by atoms with van der Waals surface area (Å²) in [4.78, 5) is 179. The molecule has 11 atom stereocenters. The van der Waals surface area contributed by atoms with E-state index < -0.39 is 131 Å². The average Bonchev–Trinajstić information content (AvgIpc) is 1.64. The highest BCUT2D eigenvalue weighted by Gasteiger charge is 2.45. The van der Waals surface area contributed by atoms with E-state index in [0.29, 0.717) is 70.0 Å². The number of aromatic amines is 2. The van der Waals surface area contributed by atoms with Crippen molar-refractivity contribution in [2.75, 3.05) is 57.3 Å².